The first-order chi connectivity index (χ1) is 16.5. The molecule has 0 spiro atoms. The Bertz CT molecular complexity index is 1440. The summed E-state index contributed by atoms with van der Waals surface area (Å²) in [6.45, 7) is -0.0347. The summed E-state index contributed by atoms with van der Waals surface area (Å²) >= 11 is 0. The standard InChI is InChI=1S/C20H15F5N6O3S/c21-13-4-2-1-3-12(13)11-31-17(15-5-7-34-29-15)9-16(28-31)19-26-10-14(22)18(27-19)30-35(32,33)8-6-20(23,24)25/h1-5,7,9-10H,6,8,11H2,(H,26,27,30). The number of rotatable bonds is 8. The lowest BCUT2D eigenvalue weighted by atomic mass is 10.2. The van der Waals surface area contributed by atoms with E-state index in [4.69, 9.17) is 4.52 Å². The average Bonchev–Trinajstić information content (AvgIpc) is 3.45. The zero-order valence-electron chi connectivity index (χ0n) is 17.5. The van der Waals surface area contributed by atoms with E-state index < -0.39 is 45.8 Å². The van der Waals surface area contributed by atoms with Gasteiger partial charge >= 0.3 is 6.18 Å². The normalized spacial score (nSPS) is 12.1. The van der Waals surface area contributed by atoms with Crippen LogP contribution in [0.15, 0.2) is 53.4 Å². The topological polar surface area (TPSA) is 116 Å². The van der Waals surface area contributed by atoms with E-state index >= 15 is 0 Å². The third kappa shape index (κ3) is 5.98. The smallest absolute Gasteiger partial charge is 0.364 e. The Morgan fingerprint density at radius 2 is 1.83 bits per heavy atom. The predicted octanol–water partition coefficient (Wildman–Crippen LogP) is 4.02. The molecule has 9 nitrogen and oxygen atoms in total. The van der Waals surface area contributed by atoms with Crippen molar-refractivity contribution in [3.8, 4) is 22.9 Å². The van der Waals surface area contributed by atoms with Crippen LogP contribution in [0.25, 0.3) is 22.9 Å². The van der Waals surface area contributed by atoms with Gasteiger partial charge in [-0.2, -0.15) is 18.3 Å². The Kier molecular flexibility index (Phi) is 6.51. The van der Waals surface area contributed by atoms with Gasteiger partial charge in [-0.1, -0.05) is 23.4 Å². The molecule has 0 radical (unpaired) electrons. The largest absolute Gasteiger partial charge is 0.390 e. The van der Waals surface area contributed by atoms with E-state index in [1.165, 1.54) is 35.2 Å². The molecule has 0 bridgehead atoms. The van der Waals surface area contributed by atoms with Crippen molar-refractivity contribution in [3.63, 3.8) is 0 Å². The van der Waals surface area contributed by atoms with E-state index in [0.717, 1.165) is 0 Å². The highest BCUT2D eigenvalue weighted by Gasteiger charge is 2.30. The minimum Gasteiger partial charge on any atom is -0.364 e. The maximum Gasteiger partial charge on any atom is 0.390 e. The van der Waals surface area contributed by atoms with Gasteiger partial charge in [-0.05, 0) is 12.1 Å². The number of aromatic nitrogens is 5. The summed E-state index contributed by atoms with van der Waals surface area (Å²) in [5.41, 5.74) is 1.02. The molecule has 4 aromatic rings. The molecule has 1 aromatic carbocycles. The first-order valence-electron chi connectivity index (χ1n) is 9.83. The second-order valence-corrected chi connectivity index (χ2v) is 9.07. The summed E-state index contributed by atoms with van der Waals surface area (Å²) in [6, 6.07) is 8.94. The molecule has 0 unspecified atom stereocenters. The van der Waals surface area contributed by atoms with Gasteiger partial charge in [0.1, 0.15) is 23.5 Å². The van der Waals surface area contributed by atoms with E-state index in [1.54, 1.807) is 16.9 Å². The maximum absolute atomic E-state index is 14.2. The van der Waals surface area contributed by atoms with Crippen LogP contribution in [0.2, 0.25) is 0 Å². The highest BCUT2D eigenvalue weighted by molar-refractivity contribution is 7.92. The second-order valence-electron chi connectivity index (χ2n) is 7.22. The quantitative estimate of drug-likeness (QED) is 0.353. The zero-order chi connectivity index (χ0) is 25.2. The zero-order valence-corrected chi connectivity index (χ0v) is 18.3. The molecule has 0 aliphatic rings. The summed E-state index contributed by atoms with van der Waals surface area (Å²) in [6.07, 6.45) is -4.39. The van der Waals surface area contributed by atoms with Gasteiger partial charge in [-0.3, -0.25) is 9.40 Å². The van der Waals surface area contributed by atoms with Crippen molar-refractivity contribution in [2.24, 2.45) is 0 Å². The molecule has 4 rings (SSSR count). The first-order valence-corrected chi connectivity index (χ1v) is 11.5. The van der Waals surface area contributed by atoms with Crippen molar-refractivity contribution in [1.82, 2.24) is 24.9 Å². The van der Waals surface area contributed by atoms with Crippen molar-refractivity contribution in [2.75, 3.05) is 10.5 Å². The van der Waals surface area contributed by atoms with E-state index in [9.17, 15) is 30.4 Å². The Morgan fingerprint density at radius 3 is 2.51 bits per heavy atom. The minimum absolute atomic E-state index is 0.0347. The Hall–Kier alpha value is -3.88. The molecule has 0 fully saturated rings. The molecule has 3 heterocycles. The summed E-state index contributed by atoms with van der Waals surface area (Å²) in [5.74, 6) is -4.08. The van der Waals surface area contributed by atoms with Crippen molar-refractivity contribution >= 4 is 15.8 Å². The summed E-state index contributed by atoms with van der Waals surface area (Å²) in [4.78, 5) is 7.57. The third-order valence-corrected chi connectivity index (χ3v) is 5.88. The second kappa shape index (κ2) is 9.40. The summed E-state index contributed by atoms with van der Waals surface area (Å²) < 4.78 is 97.4. The summed E-state index contributed by atoms with van der Waals surface area (Å²) in [5, 5.41) is 8.13. The molecule has 0 aliphatic carbocycles. The van der Waals surface area contributed by atoms with Gasteiger partial charge in [-0.15, -0.1) is 0 Å². The number of anilines is 1. The first kappa shape index (κ1) is 24.3. The monoisotopic (exact) mass is 514 g/mol. The van der Waals surface area contributed by atoms with E-state index in [2.05, 4.69) is 20.2 Å². The van der Waals surface area contributed by atoms with Crippen LogP contribution < -0.4 is 4.72 Å². The predicted molar refractivity (Wildman–Crippen MR) is 112 cm³/mol. The maximum atomic E-state index is 14.2. The SMILES string of the molecule is O=S(=O)(CCC(F)(F)F)Nc1nc(-c2cc(-c3ccon3)n(Cc3ccccc3F)n2)ncc1F. The molecule has 1 N–H and O–H groups in total. The lowest BCUT2D eigenvalue weighted by Gasteiger charge is -2.10. The van der Waals surface area contributed by atoms with E-state index in [1.807, 2.05) is 0 Å². The number of hydrogen-bond donors (Lipinski definition) is 1. The van der Waals surface area contributed by atoms with Crippen LogP contribution in [0.5, 0.6) is 0 Å². The number of benzene rings is 1. The van der Waals surface area contributed by atoms with Crippen molar-refractivity contribution in [2.45, 2.75) is 19.1 Å². The van der Waals surface area contributed by atoms with Crippen molar-refractivity contribution in [3.05, 3.63) is 66.1 Å². The fourth-order valence-electron chi connectivity index (χ4n) is 3.00. The van der Waals surface area contributed by atoms with Crippen molar-refractivity contribution in [1.29, 1.82) is 0 Å². The fourth-order valence-corrected chi connectivity index (χ4v) is 4.04. The number of nitrogens with one attached hydrogen (secondary N) is 1. The Morgan fingerprint density at radius 1 is 1.06 bits per heavy atom. The van der Waals surface area contributed by atoms with Gasteiger partial charge in [0.2, 0.25) is 10.0 Å². The molecule has 3 aromatic heterocycles. The highest BCUT2D eigenvalue weighted by Crippen LogP contribution is 2.26. The molecule has 35 heavy (non-hydrogen) atoms. The highest BCUT2D eigenvalue weighted by atomic mass is 32.2. The fraction of sp³-hybridized carbons (Fsp3) is 0.200. The number of hydrogen-bond acceptors (Lipinski definition) is 7. The van der Waals surface area contributed by atoms with Crippen LogP contribution >= 0.6 is 0 Å². The molecule has 0 aliphatic heterocycles. The Balaban J connectivity index is 1.68. The molecular formula is C20H15F5N6O3S. The number of alkyl halides is 3. The number of halogens is 5. The molecule has 0 saturated heterocycles. The van der Waals surface area contributed by atoms with Gasteiger partial charge < -0.3 is 4.52 Å². The van der Waals surface area contributed by atoms with Crippen LogP contribution in [-0.2, 0) is 16.6 Å². The van der Waals surface area contributed by atoms with Crippen LogP contribution in [0, 0.1) is 11.6 Å². The molecule has 0 saturated carbocycles. The summed E-state index contributed by atoms with van der Waals surface area (Å²) in [7, 11) is -4.56. The minimum atomic E-state index is -4.72. The average molecular weight is 514 g/mol. The lowest BCUT2D eigenvalue weighted by molar-refractivity contribution is -0.129. The number of sulfonamides is 1. The Labute approximate surface area is 194 Å². The molecule has 0 amide bonds. The van der Waals surface area contributed by atoms with Crippen LogP contribution in [0.1, 0.15) is 12.0 Å². The number of nitrogens with zero attached hydrogens (tertiary/aromatic N) is 5. The van der Waals surface area contributed by atoms with Crippen LogP contribution in [-0.4, -0.2) is 45.3 Å². The van der Waals surface area contributed by atoms with Crippen LogP contribution in [0.4, 0.5) is 27.8 Å². The van der Waals surface area contributed by atoms with Gasteiger partial charge in [0.15, 0.2) is 17.5 Å². The van der Waals surface area contributed by atoms with E-state index in [-0.39, 0.29) is 18.1 Å². The molecule has 0 atom stereocenters. The van der Waals surface area contributed by atoms with Crippen molar-refractivity contribution < 1.29 is 34.9 Å². The van der Waals surface area contributed by atoms with E-state index in [0.29, 0.717) is 23.1 Å². The lowest BCUT2D eigenvalue weighted by Crippen LogP contribution is -2.23. The van der Waals surface area contributed by atoms with Gasteiger partial charge in [0, 0.05) is 11.6 Å². The third-order valence-electron chi connectivity index (χ3n) is 4.64. The van der Waals surface area contributed by atoms with Gasteiger partial charge in [-0.25, -0.2) is 27.2 Å². The molecular weight excluding hydrogens is 499 g/mol. The van der Waals surface area contributed by atoms with Gasteiger partial charge in [0.25, 0.3) is 0 Å². The molecule has 15 heteroatoms. The van der Waals surface area contributed by atoms with Gasteiger partial charge in [0.05, 0.1) is 30.6 Å². The van der Waals surface area contributed by atoms with Crippen LogP contribution in [0.3, 0.4) is 0 Å². The molecule has 184 valence electrons.